The summed E-state index contributed by atoms with van der Waals surface area (Å²) in [6.07, 6.45) is 0. The normalized spacial score (nSPS) is 21.2. The van der Waals surface area contributed by atoms with E-state index in [0.29, 0.717) is 28.4 Å². The number of aliphatic hydroxyl groups excluding tert-OH is 1. The highest BCUT2D eigenvalue weighted by molar-refractivity contribution is 6.31. The van der Waals surface area contributed by atoms with Gasteiger partial charge in [-0.2, -0.15) is 0 Å². The molecule has 0 bridgehead atoms. The van der Waals surface area contributed by atoms with Crippen molar-refractivity contribution in [3.63, 3.8) is 0 Å². The zero-order valence-electron chi connectivity index (χ0n) is 11.1. The number of β-amino-alcohol motifs (C(OH)–C–C–N with tert-alkyl or cyclic N) is 1. The van der Waals surface area contributed by atoms with Gasteiger partial charge in [-0.15, -0.1) is 0 Å². The van der Waals surface area contributed by atoms with Crippen LogP contribution < -0.4 is 10.6 Å². The van der Waals surface area contributed by atoms with E-state index in [2.05, 4.69) is 10.6 Å². The lowest BCUT2D eigenvalue weighted by Gasteiger charge is -2.26. The highest BCUT2D eigenvalue weighted by Gasteiger charge is 2.40. The lowest BCUT2D eigenvalue weighted by molar-refractivity contribution is -0.126. The first-order valence-corrected chi connectivity index (χ1v) is 6.94. The lowest BCUT2D eigenvalue weighted by atomic mass is 9.96. The summed E-state index contributed by atoms with van der Waals surface area (Å²) >= 11 is 6.18. The quantitative estimate of drug-likeness (QED) is 0.772. The molecular weight excluding hydrogens is 294 g/mol. The summed E-state index contributed by atoms with van der Waals surface area (Å²) in [5.41, 5.74) is 1.74. The Morgan fingerprint density at radius 3 is 2.81 bits per heavy atom. The van der Waals surface area contributed by atoms with Crippen molar-refractivity contribution in [1.29, 1.82) is 0 Å². The van der Waals surface area contributed by atoms with Crippen LogP contribution in [0, 0.1) is 0 Å². The minimum Gasteiger partial charge on any atom is -0.395 e. The number of nitrogens with zero attached hydrogens (tertiary/aromatic N) is 1. The number of carbonyl (C=O) groups is 2. The van der Waals surface area contributed by atoms with Gasteiger partial charge in [0.15, 0.2) is 0 Å². The summed E-state index contributed by atoms with van der Waals surface area (Å²) in [6.45, 7) is 0.407. The van der Waals surface area contributed by atoms with E-state index in [9.17, 15) is 9.59 Å². The second kappa shape index (κ2) is 5.38. The molecule has 2 aliphatic rings. The summed E-state index contributed by atoms with van der Waals surface area (Å²) in [5.74, 6) is -0.198. The third-order valence-corrected chi connectivity index (χ3v) is 3.95. The van der Waals surface area contributed by atoms with Gasteiger partial charge in [0.05, 0.1) is 30.5 Å². The Morgan fingerprint density at radius 1 is 1.33 bits per heavy atom. The fraction of sp³-hybridized carbons (Fsp3) is 0.286. The van der Waals surface area contributed by atoms with Crippen molar-refractivity contribution < 1.29 is 14.7 Å². The van der Waals surface area contributed by atoms with Crippen LogP contribution in [0.2, 0.25) is 5.02 Å². The number of hydrogen-bond acceptors (Lipinski definition) is 3. The number of hydrogen-bond donors (Lipinski definition) is 3. The fourth-order valence-corrected chi connectivity index (χ4v) is 2.92. The molecule has 0 unspecified atom stereocenters. The Balaban J connectivity index is 2.01. The van der Waals surface area contributed by atoms with E-state index in [1.807, 2.05) is 0 Å². The molecule has 0 saturated carbocycles. The van der Waals surface area contributed by atoms with E-state index < -0.39 is 6.04 Å². The second-order valence-corrected chi connectivity index (χ2v) is 5.30. The predicted molar refractivity (Wildman–Crippen MR) is 76.6 cm³/mol. The van der Waals surface area contributed by atoms with E-state index in [-0.39, 0.29) is 25.1 Å². The molecule has 21 heavy (non-hydrogen) atoms. The van der Waals surface area contributed by atoms with Crippen molar-refractivity contribution in [1.82, 2.24) is 15.5 Å². The van der Waals surface area contributed by atoms with E-state index in [1.54, 1.807) is 24.3 Å². The SMILES string of the molecule is O=C1NC2=C(C(=O)N(CCO)C2)[C@H](c2ccccc2Cl)N1. The average molecular weight is 308 g/mol. The molecule has 0 spiro atoms. The van der Waals surface area contributed by atoms with Crippen molar-refractivity contribution in [3.8, 4) is 0 Å². The maximum atomic E-state index is 12.5. The van der Waals surface area contributed by atoms with Crippen LogP contribution in [-0.2, 0) is 4.79 Å². The van der Waals surface area contributed by atoms with E-state index in [1.165, 1.54) is 4.90 Å². The largest absolute Gasteiger partial charge is 0.395 e. The molecular formula is C14H14ClN3O3. The maximum absolute atomic E-state index is 12.5. The molecule has 2 aliphatic heterocycles. The van der Waals surface area contributed by atoms with Crippen LogP contribution in [-0.4, -0.2) is 41.6 Å². The molecule has 0 aliphatic carbocycles. The number of nitrogens with one attached hydrogen (secondary N) is 2. The number of halogens is 1. The minimum atomic E-state index is -0.571. The number of aliphatic hydroxyl groups is 1. The predicted octanol–water partition coefficient (Wildman–Crippen LogP) is 0.782. The molecule has 0 aromatic heterocycles. The molecule has 6 nitrogen and oxygen atoms in total. The van der Waals surface area contributed by atoms with Crippen LogP contribution in [0.5, 0.6) is 0 Å². The number of benzene rings is 1. The van der Waals surface area contributed by atoms with Crippen LogP contribution in [0.1, 0.15) is 11.6 Å². The molecule has 1 aromatic carbocycles. The standard InChI is InChI=1S/C14H14ClN3O3/c15-9-4-2-1-3-8(9)12-11-10(16-14(21)17-12)7-18(5-6-19)13(11)20/h1-4,12,19H,5-7H2,(H2,16,17,21)/t12-/m0/s1. The van der Waals surface area contributed by atoms with Crippen LogP contribution >= 0.6 is 11.6 Å². The van der Waals surface area contributed by atoms with Crippen LogP contribution in [0.3, 0.4) is 0 Å². The van der Waals surface area contributed by atoms with Gasteiger partial charge in [0.2, 0.25) is 0 Å². The Morgan fingerprint density at radius 2 is 2.10 bits per heavy atom. The average Bonchev–Trinajstić information content (AvgIpc) is 2.75. The van der Waals surface area contributed by atoms with Crippen molar-refractivity contribution in [2.45, 2.75) is 6.04 Å². The topological polar surface area (TPSA) is 81.7 Å². The van der Waals surface area contributed by atoms with Gasteiger partial charge in [-0.25, -0.2) is 4.79 Å². The van der Waals surface area contributed by atoms with Gasteiger partial charge >= 0.3 is 6.03 Å². The van der Waals surface area contributed by atoms with Crippen LogP contribution in [0.25, 0.3) is 0 Å². The van der Waals surface area contributed by atoms with Crippen LogP contribution in [0.4, 0.5) is 4.79 Å². The second-order valence-electron chi connectivity index (χ2n) is 4.90. The van der Waals surface area contributed by atoms with Gasteiger partial charge < -0.3 is 20.6 Å². The maximum Gasteiger partial charge on any atom is 0.319 e. The van der Waals surface area contributed by atoms with Gasteiger partial charge in [-0.05, 0) is 11.6 Å². The molecule has 7 heteroatoms. The van der Waals surface area contributed by atoms with E-state index in [4.69, 9.17) is 16.7 Å². The molecule has 1 aromatic rings. The van der Waals surface area contributed by atoms with E-state index >= 15 is 0 Å². The molecule has 0 radical (unpaired) electrons. The first-order chi connectivity index (χ1) is 10.1. The number of amides is 3. The van der Waals surface area contributed by atoms with Gasteiger partial charge in [-0.3, -0.25) is 4.79 Å². The number of urea groups is 1. The Hall–Kier alpha value is -2.05. The molecule has 3 rings (SSSR count). The van der Waals surface area contributed by atoms with Crippen molar-refractivity contribution >= 4 is 23.5 Å². The summed E-state index contributed by atoms with van der Waals surface area (Å²) < 4.78 is 0. The highest BCUT2D eigenvalue weighted by Crippen LogP contribution is 2.35. The fourth-order valence-electron chi connectivity index (χ4n) is 2.67. The van der Waals surface area contributed by atoms with Crippen LogP contribution in [0.15, 0.2) is 35.5 Å². The van der Waals surface area contributed by atoms with Gasteiger partial charge in [-0.1, -0.05) is 29.8 Å². The molecule has 110 valence electrons. The first kappa shape index (κ1) is 13.9. The Bertz CT molecular complexity index is 644. The molecule has 1 atom stereocenters. The molecule has 2 heterocycles. The van der Waals surface area contributed by atoms with E-state index in [0.717, 1.165) is 0 Å². The number of rotatable bonds is 3. The zero-order chi connectivity index (χ0) is 15.0. The molecule has 3 N–H and O–H groups in total. The van der Waals surface area contributed by atoms with Gasteiger partial charge in [0.25, 0.3) is 5.91 Å². The molecule has 3 amide bonds. The zero-order valence-corrected chi connectivity index (χ0v) is 11.9. The summed E-state index contributed by atoms with van der Waals surface area (Å²) in [5, 5.41) is 14.9. The minimum absolute atomic E-state index is 0.121. The van der Waals surface area contributed by atoms with Gasteiger partial charge in [0, 0.05) is 11.6 Å². The van der Waals surface area contributed by atoms with Crippen molar-refractivity contribution in [2.75, 3.05) is 19.7 Å². The Labute approximate surface area is 126 Å². The smallest absolute Gasteiger partial charge is 0.319 e. The highest BCUT2D eigenvalue weighted by atomic mass is 35.5. The summed E-state index contributed by atoms with van der Waals surface area (Å²) in [7, 11) is 0. The number of carbonyl (C=O) groups excluding carboxylic acids is 2. The third-order valence-electron chi connectivity index (χ3n) is 3.61. The van der Waals surface area contributed by atoms with Crippen molar-refractivity contribution in [2.24, 2.45) is 0 Å². The third kappa shape index (κ3) is 2.36. The molecule has 0 fully saturated rings. The summed E-state index contributed by atoms with van der Waals surface area (Å²) in [4.78, 5) is 25.7. The Kier molecular flexibility index (Phi) is 3.57. The summed E-state index contributed by atoms with van der Waals surface area (Å²) in [6, 6.07) is 6.16. The van der Waals surface area contributed by atoms with Gasteiger partial charge in [0.1, 0.15) is 0 Å². The first-order valence-electron chi connectivity index (χ1n) is 6.57. The molecule has 0 saturated heterocycles. The lowest BCUT2D eigenvalue weighted by Crippen LogP contribution is -2.44. The van der Waals surface area contributed by atoms with Crippen molar-refractivity contribution in [3.05, 3.63) is 46.1 Å². The monoisotopic (exact) mass is 307 g/mol.